The molecule has 0 saturated carbocycles. The zero-order valence-corrected chi connectivity index (χ0v) is 13.1. The highest BCUT2D eigenvalue weighted by Gasteiger charge is 2.23. The van der Waals surface area contributed by atoms with Gasteiger partial charge in [0, 0.05) is 24.4 Å². The maximum absolute atomic E-state index is 12.0. The van der Waals surface area contributed by atoms with Crippen LogP contribution in [0.15, 0.2) is 0 Å². The molecule has 17 heavy (non-hydrogen) atoms. The van der Waals surface area contributed by atoms with Crippen LogP contribution in [-0.4, -0.2) is 44.3 Å². The smallest absolute Gasteiger partial charge is 0.215 e. The summed E-state index contributed by atoms with van der Waals surface area (Å²) in [6.07, 6.45) is 2.81. The summed E-state index contributed by atoms with van der Waals surface area (Å²) >= 11 is 1.66. The first-order valence-electron chi connectivity index (χ1n) is 6.06. The summed E-state index contributed by atoms with van der Waals surface area (Å²) in [6.45, 7) is 8.25. The van der Waals surface area contributed by atoms with E-state index in [9.17, 15) is 8.42 Å². The van der Waals surface area contributed by atoms with Crippen molar-refractivity contribution in [2.75, 3.05) is 18.6 Å². The molecule has 0 aliphatic heterocycles. The molecule has 2 atom stereocenters. The molecule has 0 aromatic carbocycles. The molecule has 0 aliphatic carbocycles. The van der Waals surface area contributed by atoms with Gasteiger partial charge < -0.3 is 5.32 Å². The monoisotopic (exact) mass is 282 g/mol. The quantitative estimate of drug-likeness (QED) is 0.672. The van der Waals surface area contributed by atoms with Crippen molar-refractivity contribution in [2.24, 2.45) is 0 Å². The van der Waals surface area contributed by atoms with Crippen molar-refractivity contribution < 1.29 is 8.42 Å². The van der Waals surface area contributed by atoms with E-state index in [-0.39, 0.29) is 6.04 Å². The largest absolute Gasteiger partial charge is 0.313 e. The molecule has 0 aliphatic rings. The minimum atomic E-state index is -3.22. The van der Waals surface area contributed by atoms with E-state index in [0.717, 1.165) is 12.2 Å². The average molecular weight is 282 g/mol. The van der Waals surface area contributed by atoms with Crippen molar-refractivity contribution in [3.05, 3.63) is 0 Å². The average Bonchev–Trinajstić information content (AvgIpc) is 2.24. The third kappa shape index (κ3) is 7.28. The highest BCUT2D eigenvalue weighted by Crippen LogP contribution is 2.06. The van der Waals surface area contributed by atoms with Crippen molar-refractivity contribution in [1.29, 1.82) is 0 Å². The predicted molar refractivity (Wildman–Crippen MR) is 77.1 cm³/mol. The molecule has 0 radical (unpaired) electrons. The van der Waals surface area contributed by atoms with E-state index in [2.05, 4.69) is 10.0 Å². The fraction of sp³-hybridized carbons (Fsp3) is 1.00. The van der Waals surface area contributed by atoms with Crippen LogP contribution in [0.5, 0.6) is 0 Å². The number of hydrogen-bond donors (Lipinski definition) is 2. The summed E-state index contributed by atoms with van der Waals surface area (Å²) in [6, 6.07) is 0.345. The molecule has 0 saturated heterocycles. The molecule has 0 bridgehead atoms. The topological polar surface area (TPSA) is 58.2 Å². The second kappa shape index (κ2) is 8.34. The zero-order valence-electron chi connectivity index (χ0n) is 11.5. The van der Waals surface area contributed by atoms with Crippen LogP contribution < -0.4 is 10.0 Å². The van der Waals surface area contributed by atoms with E-state index < -0.39 is 15.3 Å². The van der Waals surface area contributed by atoms with Crippen molar-refractivity contribution in [2.45, 2.75) is 51.4 Å². The molecular weight excluding hydrogens is 256 g/mol. The summed E-state index contributed by atoms with van der Waals surface area (Å²) in [5, 5.41) is 2.75. The van der Waals surface area contributed by atoms with Crippen LogP contribution in [0.25, 0.3) is 0 Å². The lowest BCUT2D eigenvalue weighted by Gasteiger charge is -2.21. The number of sulfonamides is 1. The Bertz CT molecular complexity index is 292. The Balaban J connectivity index is 4.34. The van der Waals surface area contributed by atoms with E-state index in [1.807, 2.05) is 27.0 Å². The number of rotatable bonds is 9. The van der Waals surface area contributed by atoms with Gasteiger partial charge in [0.05, 0.1) is 5.25 Å². The van der Waals surface area contributed by atoms with Gasteiger partial charge in [-0.05, 0) is 19.6 Å². The number of hydrogen-bond acceptors (Lipinski definition) is 4. The molecule has 0 spiro atoms. The molecule has 0 rings (SSSR count). The highest BCUT2D eigenvalue weighted by atomic mass is 32.2. The van der Waals surface area contributed by atoms with Gasteiger partial charge in [-0.25, -0.2) is 13.1 Å². The van der Waals surface area contributed by atoms with Gasteiger partial charge in [-0.1, -0.05) is 20.8 Å². The fourth-order valence-electron chi connectivity index (χ4n) is 1.30. The molecule has 0 aromatic heterocycles. The molecule has 0 fully saturated rings. The fourth-order valence-corrected chi connectivity index (χ4v) is 3.39. The molecule has 2 N–H and O–H groups in total. The van der Waals surface area contributed by atoms with E-state index in [4.69, 9.17) is 0 Å². The molecule has 4 nitrogen and oxygen atoms in total. The van der Waals surface area contributed by atoms with Gasteiger partial charge in [-0.3, -0.25) is 0 Å². The van der Waals surface area contributed by atoms with Crippen LogP contribution in [0.3, 0.4) is 0 Å². The van der Waals surface area contributed by atoms with E-state index >= 15 is 0 Å². The minimum absolute atomic E-state index is 0.0384. The van der Waals surface area contributed by atoms with Crippen molar-refractivity contribution in [3.63, 3.8) is 0 Å². The summed E-state index contributed by atoms with van der Waals surface area (Å²) in [5.74, 6) is 0.820. The lowest BCUT2D eigenvalue weighted by molar-refractivity contribution is 0.527. The third-order valence-electron chi connectivity index (χ3n) is 2.53. The van der Waals surface area contributed by atoms with E-state index in [1.54, 1.807) is 18.7 Å². The predicted octanol–water partition coefficient (Wildman–Crippen LogP) is 1.43. The van der Waals surface area contributed by atoms with Gasteiger partial charge in [0.25, 0.3) is 0 Å². The van der Waals surface area contributed by atoms with Crippen molar-refractivity contribution >= 4 is 21.8 Å². The van der Waals surface area contributed by atoms with E-state index in [1.165, 1.54) is 0 Å². The van der Waals surface area contributed by atoms with Gasteiger partial charge in [-0.2, -0.15) is 11.8 Å². The van der Waals surface area contributed by atoms with Gasteiger partial charge >= 0.3 is 0 Å². The first-order chi connectivity index (χ1) is 7.83. The number of nitrogens with one attached hydrogen (secondary N) is 2. The minimum Gasteiger partial charge on any atom is -0.313 e. The second-order valence-electron chi connectivity index (χ2n) is 4.60. The van der Waals surface area contributed by atoms with Gasteiger partial charge in [0.2, 0.25) is 10.0 Å². The van der Waals surface area contributed by atoms with Gasteiger partial charge in [0.15, 0.2) is 0 Å². The SMILES string of the molecule is CCC(CSC)NS(=O)(=O)C(C)CNC(C)C. The molecule has 0 aromatic rings. The Kier molecular flexibility index (Phi) is 8.45. The molecule has 6 heteroatoms. The van der Waals surface area contributed by atoms with Crippen LogP contribution in [0, 0.1) is 0 Å². The Hall–Kier alpha value is 0.220. The molecule has 104 valence electrons. The Labute approximate surface area is 110 Å². The first-order valence-corrected chi connectivity index (χ1v) is 9.01. The standard InChI is InChI=1S/C11H26N2O2S2/c1-6-11(8-16-5)13-17(14,15)10(4)7-12-9(2)3/h9-13H,6-8H2,1-5H3. The van der Waals surface area contributed by atoms with Gasteiger partial charge in [0.1, 0.15) is 0 Å². The van der Waals surface area contributed by atoms with E-state index in [0.29, 0.717) is 12.6 Å². The highest BCUT2D eigenvalue weighted by molar-refractivity contribution is 7.98. The lowest BCUT2D eigenvalue weighted by atomic mass is 10.3. The van der Waals surface area contributed by atoms with Crippen molar-refractivity contribution in [1.82, 2.24) is 10.0 Å². The Morgan fingerprint density at radius 1 is 1.24 bits per heavy atom. The molecule has 0 heterocycles. The molecule has 2 unspecified atom stereocenters. The lowest BCUT2D eigenvalue weighted by Crippen LogP contribution is -2.45. The Morgan fingerprint density at radius 3 is 2.24 bits per heavy atom. The summed E-state index contributed by atoms with van der Waals surface area (Å²) < 4.78 is 26.8. The van der Waals surface area contributed by atoms with Crippen LogP contribution in [0.1, 0.15) is 34.1 Å². The normalized spacial score (nSPS) is 16.1. The second-order valence-corrected chi connectivity index (χ2v) is 7.64. The summed E-state index contributed by atoms with van der Waals surface area (Å²) in [7, 11) is -3.22. The maximum atomic E-state index is 12.0. The van der Waals surface area contributed by atoms with Crippen LogP contribution in [0.2, 0.25) is 0 Å². The Morgan fingerprint density at radius 2 is 1.82 bits per heavy atom. The zero-order chi connectivity index (χ0) is 13.5. The third-order valence-corrected chi connectivity index (χ3v) is 5.16. The first kappa shape index (κ1) is 17.2. The number of thioether (sulfide) groups is 1. The van der Waals surface area contributed by atoms with Crippen LogP contribution in [0.4, 0.5) is 0 Å². The van der Waals surface area contributed by atoms with Crippen LogP contribution >= 0.6 is 11.8 Å². The van der Waals surface area contributed by atoms with Gasteiger partial charge in [-0.15, -0.1) is 0 Å². The van der Waals surface area contributed by atoms with Crippen LogP contribution in [-0.2, 0) is 10.0 Å². The summed E-state index contributed by atoms with van der Waals surface area (Å²) in [4.78, 5) is 0. The van der Waals surface area contributed by atoms with Crippen molar-refractivity contribution in [3.8, 4) is 0 Å². The summed E-state index contributed by atoms with van der Waals surface area (Å²) in [5.41, 5.74) is 0. The molecule has 0 amide bonds. The maximum Gasteiger partial charge on any atom is 0.215 e. The molecular formula is C11H26N2O2S2.